The van der Waals surface area contributed by atoms with Gasteiger partial charge in [-0.1, -0.05) is 69.9 Å². The van der Waals surface area contributed by atoms with Gasteiger partial charge in [-0.25, -0.2) is 0 Å². The van der Waals surface area contributed by atoms with Gasteiger partial charge in [0.15, 0.2) is 0 Å². The van der Waals surface area contributed by atoms with Crippen molar-refractivity contribution in [2.24, 2.45) is 0 Å². The monoisotopic (exact) mass is 262 g/mol. The topological polar surface area (TPSA) is 26.3 Å². The fourth-order valence-electron chi connectivity index (χ4n) is 2.20. The molecule has 1 aromatic carbocycles. The van der Waals surface area contributed by atoms with Crippen LogP contribution in [0.1, 0.15) is 63.9 Å². The molecule has 0 aliphatic heterocycles. The molecular formula is C17H26O2. The number of ether oxygens (including phenoxy) is 1. The van der Waals surface area contributed by atoms with E-state index in [-0.39, 0.29) is 11.9 Å². The summed E-state index contributed by atoms with van der Waals surface area (Å²) in [5.74, 6) is -0.165. The van der Waals surface area contributed by atoms with Crippen LogP contribution in [0.15, 0.2) is 30.3 Å². The highest BCUT2D eigenvalue weighted by atomic mass is 16.5. The molecule has 1 unspecified atom stereocenters. The SMILES string of the molecule is CCCCCCOC(=O)C(CCC)c1ccccc1. The molecule has 0 N–H and O–H groups in total. The van der Waals surface area contributed by atoms with Crippen molar-refractivity contribution in [3.05, 3.63) is 35.9 Å². The average molecular weight is 262 g/mol. The maximum absolute atomic E-state index is 12.1. The molecule has 1 rings (SSSR count). The Labute approximate surface area is 117 Å². The fourth-order valence-corrected chi connectivity index (χ4v) is 2.20. The third-order valence-electron chi connectivity index (χ3n) is 3.31. The number of carbonyl (C=O) groups is 1. The molecule has 106 valence electrons. The molecule has 0 saturated heterocycles. The van der Waals surface area contributed by atoms with E-state index >= 15 is 0 Å². The standard InChI is InChI=1S/C17H26O2/c1-3-5-6-10-14-19-17(18)16(11-4-2)15-12-8-7-9-13-15/h7-9,12-13,16H,3-6,10-11,14H2,1-2H3. The van der Waals surface area contributed by atoms with E-state index in [1.54, 1.807) is 0 Å². The van der Waals surface area contributed by atoms with Gasteiger partial charge in [0, 0.05) is 0 Å². The minimum absolute atomic E-state index is 0.0652. The maximum atomic E-state index is 12.1. The number of esters is 1. The van der Waals surface area contributed by atoms with Crippen LogP contribution in [0.3, 0.4) is 0 Å². The second-order valence-electron chi connectivity index (χ2n) is 4.98. The van der Waals surface area contributed by atoms with E-state index in [9.17, 15) is 4.79 Å². The summed E-state index contributed by atoms with van der Waals surface area (Å²) < 4.78 is 5.42. The summed E-state index contributed by atoms with van der Waals surface area (Å²) in [6, 6.07) is 9.96. The minimum atomic E-state index is -0.0997. The molecule has 0 aliphatic carbocycles. The molecule has 0 amide bonds. The molecule has 0 fully saturated rings. The molecule has 0 radical (unpaired) electrons. The first kappa shape index (κ1) is 15.7. The van der Waals surface area contributed by atoms with Crippen molar-refractivity contribution in [1.29, 1.82) is 0 Å². The average Bonchev–Trinajstić information content (AvgIpc) is 2.45. The van der Waals surface area contributed by atoms with Crippen LogP contribution in [0.25, 0.3) is 0 Å². The zero-order valence-corrected chi connectivity index (χ0v) is 12.2. The molecule has 0 spiro atoms. The van der Waals surface area contributed by atoms with Gasteiger partial charge in [0.25, 0.3) is 0 Å². The molecule has 2 nitrogen and oxygen atoms in total. The van der Waals surface area contributed by atoms with Crippen LogP contribution in [-0.2, 0) is 9.53 Å². The van der Waals surface area contributed by atoms with Crippen LogP contribution in [0.2, 0.25) is 0 Å². The lowest BCUT2D eigenvalue weighted by Crippen LogP contribution is -2.16. The molecule has 1 aromatic rings. The normalized spacial score (nSPS) is 12.1. The number of unbranched alkanes of at least 4 members (excludes halogenated alkanes) is 3. The molecule has 0 heterocycles. The van der Waals surface area contributed by atoms with Crippen LogP contribution >= 0.6 is 0 Å². The van der Waals surface area contributed by atoms with Crippen molar-refractivity contribution in [1.82, 2.24) is 0 Å². The van der Waals surface area contributed by atoms with Crippen molar-refractivity contribution >= 4 is 5.97 Å². The second-order valence-corrected chi connectivity index (χ2v) is 4.98. The molecule has 2 heteroatoms. The maximum Gasteiger partial charge on any atom is 0.313 e. The predicted molar refractivity (Wildman–Crippen MR) is 79.2 cm³/mol. The Bertz CT molecular complexity index is 346. The van der Waals surface area contributed by atoms with E-state index < -0.39 is 0 Å². The molecule has 0 aromatic heterocycles. The summed E-state index contributed by atoms with van der Waals surface area (Å²) in [7, 11) is 0. The van der Waals surface area contributed by atoms with Crippen LogP contribution < -0.4 is 0 Å². The first-order valence-electron chi connectivity index (χ1n) is 7.51. The van der Waals surface area contributed by atoms with Crippen molar-refractivity contribution in [3.8, 4) is 0 Å². The molecule has 0 saturated carbocycles. The van der Waals surface area contributed by atoms with Gasteiger partial charge in [-0.15, -0.1) is 0 Å². The number of hydrogen-bond donors (Lipinski definition) is 0. The van der Waals surface area contributed by atoms with E-state index in [2.05, 4.69) is 13.8 Å². The Morgan fingerprint density at radius 3 is 2.42 bits per heavy atom. The quantitative estimate of drug-likeness (QED) is 0.476. The molecule has 0 aliphatic rings. The van der Waals surface area contributed by atoms with Crippen LogP contribution in [0.5, 0.6) is 0 Å². The number of carbonyl (C=O) groups excluding carboxylic acids is 1. The summed E-state index contributed by atoms with van der Waals surface area (Å²) >= 11 is 0. The summed E-state index contributed by atoms with van der Waals surface area (Å²) in [4.78, 5) is 12.1. The summed E-state index contributed by atoms with van der Waals surface area (Å²) in [5.41, 5.74) is 1.07. The highest BCUT2D eigenvalue weighted by Crippen LogP contribution is 2.22. The lowest BCUT2D eigenvalue weighted by Gasteiger charge is -2.15. The van der Waals surface area contributed by atoms with E-state index in [0.29, 0.717) is 6.61 Å². The lowest BCUT2D eigenvalue weighted by molar-refractivity contribution is -0.145. The first-order chi connectivity index (χ1) is 9.29. The predicted octanol–water partition coefficient (Wildman–Crippen LogP) is 4.69. The molecule has 0 bridgehead atoms. The first-order valence-corrected chi connectivity index (χ1v) is 7.51. The van der Waals surface area contributed by atoms with Gasteiger partial charge in [0.05, 0.1) is 12.5 Å². The number of rotatable bonds is 9. The Morgan fingerprint density at radius 2 is 1.79 bits per heavy atom. The van der Waals surface area contributed by atoms with Gasteiger partial charge in [0.2, 0.25) is 0 Å². The highest BCUT2D eigenvalue weighted by Gasteiger charge is 2.20. The second kappa shape index (κ2) is 9.60. The minimum Gasteiger partial charge on any atom is -0.465 e. The Kier molecular flexibility index (Phi) is 7.95. The molecule has 1 atom stereocenters. The van der Waals surface area contributed by atoms with Crippen LogP contribution in [-0.4, -0.2) is 12.6 Å². The van der Waals surface area contributed by atoms with Crippen molar-refractivity contribution in [3.63, 3.8) is 0 Å². The molecule has 19 heavy (non-hydrogen) atoms. The van der Waals surface area contributed by atoms with Crippen molar-refractivity contribution in [2.45, 2.75) is 58.3 Å². The fraction of sp³-hybridized carbons (Fsp3) is 0.588. The van der Waals surface area contributed by atoms with Gasteiger partial charge in [-0.3, -0.25) is 4.79 Å². The van der Waals surface area contributed by atoms with E-state index in [0.717, 1.165) is 31.2 Å². The highest BCUT2D eigenvalue weighted by molar-refractivity contribution is 5.78. The smallest absolute Gasteiger partial charge is 0.313 e. The van der Waals surface area contributed by atoms with E-state index in [4.69, 9.17) is 4.74 Å². The summed E-state index contributed by atoms with van der Waals surface area (Å²) in [6.45, 7) is 4.84. The van der Waals surface area contributed by atoms with Crippen molar-refractivity contribution in [2.75, 3.05) is 6.61 Å². The molecular weight excluding hydrogens is 236 g/mol. The van der Waals surface area contributed by atoms with Gasteiger partial charge >= 0.3 is 5.97 Å². The number of benzene rings is 1. The van der Waals surface area contributed by atoms with Gasteiger partial charge in [-0.05, 0) is 18.4 Å². The third kappa shape index (κ3) is 5.91. The zero-order valence-electron chi connectivity index (χ0n) is 12.2. The van der Waals surface area contributed by atoms with E-state index in [1.165, 1.54) is 12.8 Å². The van der Waals surface area contributed by atoms with Crippen molar-refractivity contribution < 1.29 is 9.53 Å². The zero-order chi connectivity index (χ0) is 13.9. The number of hydrogen-bond acceptors (Lipinski definition) is 2. The summed E-state index contributed by atoms with van der Waals surface area (Å²) in [5, 5.41) is 0. The van der Waals surface area contributed by atoms with Gasteiger partial charge < -0.3 is 4.74 Å². The lowest BCUT2D eigenvalue weighted by atomic mass is 9.95. The van der Waals surface area contributed by atoms with Crippen LogP contribution in [0, 0.1) is 0 Å². The Morgan fingerprint density at radius 1 is 1.05 bits per heavy atom. The Balaban J connectivity index is 2.45. The van der Waals surface area contributed by atoms with Gasteiger partial charge in [-0.2, -0.15) is 0 Å². The summed E-state index contributed by atoms with van der Waals surface area (Å²) in [6.07, 6.45) is 6.40. The third-order valence-corrected chi connectivity index (χ3v) is 3.31. The van der Waals surface area contributed by atoms with Crippen LogP contribution in [0.4, 0.5) is 0 Å². The van der Waals surface area contributed by atoms with Gasteiger partial charge in [0.1, 0.15) is 0 Å². The Hall–Kier alpha value is -1.31. The largest absolute Gasteiger partial charge is 0.465 e. The van der Waals surface area contributed by atoms with E-state index in [1.807, 2.05) is 30.3 Å².